The van der Waals surface area contributed by atoms with Crippen molar-refractivity contribution in [2.45, 2.75) is 39.5 Å². The van der Waals surface area contributed by atoms with Gasteiger partial charge in [-0.05, 0) is 62.4 Å². The molecule has 5 nitrogen and oxygen atoms in total. The molecule has 1 aliphatic heterocycles. The van der Waals surface area contributed by atoms with Gasteiger partial charge in [0.15, 0.2) is 0 Å². The van der Waals surface area contributed by atoms with Gasteiger partial charge in [-0.1, -0.05) is 24.3 Å². The topological polar surface area (TPSA) is 58.6 Å². The number of aryl methyl sites for hydroxylation is 2. The van der Waals surface area contributed by atoms with Crippen LogP contribution in [0.4, 0.5) is 5.69 Å². The number of nitrogens with one attached hydrogen (secondary N) is 1. The van der Waals surface area contributed by atoms with Crippen LogP contribution < -0.4 is 10.1 Å². The molecule has 1 saturated heterocycles. The lowest BCUT2D eigenvalue weighted by Gasteiger charge is -2.27. The molecule has 1 N–H and O–H groups in total. The number of carbonyl (C=O) groups is 2. The number of carbonyl (C=O) groups excluding carboxylic acids is 2. The molecule has 0 saturated carbocycles. The molecule has 28 heavy (non-hydrogen) atoms. The fourth-order valence-electron chi connectivity index (χ4n) is 3.38. The highest BCUT2D eigenvalue weighted by molar-refractivity contribution is 6.03. The molecule has 148 valence electrons. The molecule has 0 spiro atoms. The van der Waals surface area contributed by atoms with Crippen molar-refractivity contribution in [3.63, 3.8) is 0 Å². The first-order valence-electron chi connectivity index (χ1n) is 9.93. The molecular formula is C23H28N2O3. The molecule has 1 fully saturated rings. The van der Waals surface area contributed by atoms with Crippen molar-refractivity contribution in [2.24, 2.45) is 0 Å². The first-order chi connectivity index (χ1) is 13.5. The zero-order chi connectivity index (χ0) is 19.9. The third-order valence-electron chi connectivity index (χ3n) is 5.01. The molecule has 0 aromatic heterocycles. The van der Waals surface area contributed by atoms with E-state index in [0.717, 1.165) is 42.8 Å². The summed E-state index contributed by atoms with van der Waals surface area (Å²) in [7, 11) is 0. The van der Waals surface area contributed by atoms with Crippen molar-refractivity contribution < 1.29 is 14.3 Å². The lowest BCUT2D eigenvalue weighted by molar-refractivity contribution is -0.116. The summed E-state index contributed by atoms with van der Waals surface area (Å²) in [5.41, 5.74) is 3.28. The van der Waals surface area contributed by atoms with Gasteiger partial charge in [0.25, 0.3) is 5.91 Å². The number of amides is 2. The molecule has 0 unspecified atom stereocenters. The van der Waals surface area contributed by atoms with Gasteiger partial charge >= 0.3 is 0 Å². The lowest BCUT2D eigenvalue weighted by atomic mass is 10.1. The Morgan fingerprint density at radius 1 is 1.04 bits per heavy atom. The van der Waals surface area contributed by atoms with E-state index >= 15 is 0 Å². The normalized spacial score (nSPS) is 13.9. The molecule has 2 amide bonds. The minimum Gasteiger partial charge on any atom is -0.493 e. The molecule has 2 aromatic carbocycles. The van der Waals surface area contributed by atoms with Crippen LogP contribution in [0.3, 0.4) is 0 Å². The Hall–Kier alpha value is -2.82. The van der Waals surface area contributed by atoms with Crippen LogP contribution in [-0.2, 0) is 4.79 Å². The minimum absolute atomic E-state index is 0.0118. The van der Waals surface area contributed by atoms with Gasteiger partial charge in [-0.2, -0.15) is 0 Å². The second-order valence-electron chi connectivity index (χ2n) is 7.31. The van der Waals surface area contributed by atoms with Gasteiger partial charge in [-0.3, -0.25) is 9.59 Å². The highest BCUT2D eigenvalue weighted by Crippen LogP contribution is 2.21. The molecule has 5 heteroatoms. The number of para-hydroxylation sites is 1. The summed E-state index contributed by atoms with van der Waals surface area (Å²) < 4.78 is 5.76. The van der Waals surface area contributed by atoms with E-state index < -0.39 is 0 Å². The quantitative estimate of drug-likeness (QED) is 0.811. The Balaban J connectivity index is 1.58. The van der Waals surface area contributed by atoms with Crippen LogP contribution >= 0.6 is 0 Å². The summed E-state index contributed by atoms with van der Waals surface area (Å²) in [6, 6.07) is 13.2. The van der Waals surface area contributed by atoms with Gasteiger partial charge < -0.3 is 15.0 Å². The summed E-state index contributed by atoms with van der Waals surface area (Å²) >= 11 is 0. The van der Waals surface area contributed by atoms with E-state index in [-0.39, 0.29) is 18.2 Å². The van der Waals surface area contributed by atoms with E-state index in [1.807, 2.05) is 49.1 Å². The average Bonchev–Trinajstić information content (AvgIpc) is 2.71. The van der Waals surface area contributed by atoms with Crippen LogP contribution in [-0.4, -0.2) is 36.4 Å². The maximum atomic E-state index is 12.8. The van der Waals surface area contributed by atoms with Crippen LogP contribution in [0.1, 0.15) is 47.2 Å². The highest BCUT2D eigenvalue weighted by atomic mass is 16.5. The van der Waals surface area contributed by atoms with Crippen molar-refractivity contribution in [3.05, 3.63) is 59.2 Å². The zero-order valence-corrected chi connectivity index (χ0v) is 16.7. The van der Waals surface area contributed by atoms with Gasteiger partial charge in [0.05, 0.1) is 24.3 Å². The molecular weight excluding hydrogens is 352 g/mol. The number of rotatable bonds is 6. The SMILES string of the molecule is Cc1ccc(C)c(OCCC(=O)Nc2ccccc2C(=O)N2CCCCC2)c1. The molecule has 0 radical (unpaired) electrons. The van der Waals surface area contributed by atoms with Crippen molar-refractivity contribution in [2.75, 3.05) is 25.0 Å². The monoisotopic (exact) mass is 380 g/mol. The van der Waals surface area contributed by atoms with E-state index in [0.29, 0.717) is 17.9 Å². The van der Waals surface area contributed by atoms with Gasteiger partial charge in [0, 0.05) is 13.1 Å². The smallest absolute Gasteiger partial charge is 0.255 e. The van der Waals surface area contributed by atoms with Crippen LogP contribution in [0.5, 0.6) is 5.75 Å². The van der Waals surface area contributed by atoms with E-state index in [2.05, 4.69) is 5.32 Å². The van der Waals surface area contributed by atoms with Gasteiger partial charge in [0.1, 0.15) is 5.75 Å². The Bertz CT molecular complexity index is 841. The first-order valence-corrected chi connectivity index (χ1v) is 9.93. The van der Waals surface area contributed by atoms with Crippen molar-refractivity contribution in [1.82, 2.24) is 4.90 Å². The number of hydrogen-bond acceptors (Lipinski definition) is 3. The lowest BCUT2D eigenvalue weighted by Crippen LogP contribution is -2.36. The van der Waals surface area contributed by atoms with E-state index in [4.69, 9.17) is 4.74 Å². The van der Waals surface area contributed by atoms with E-state index in [1.165, 1.54) is 6.42 Å². The Morgan fingerprint density at radius 3 is 2.57 bits per heavy atom. The average molecular weight is 380 g/mol. The number of anilines is 1. The predicted molar refractivity (Wildman–Crippen MR) is 111 cm³/mol. The van der Waals surface area contributed by atoms with Gasteiger partial charge in [-0.15, -0.1) is 0 Å². The molecule has 1 aliphatic rings. The van der Waals surface area contributed by atoms with E-state index in [1.54, 1.807) is 12.1 Å². The first kappa shape index (κ1) is 19.9. The molecule has 2 aromatic rings. The molecule has 1 heterocycles. The summed E-state index contributed by atoms with van der Waals surface area (Å²) in [6.45, 7) is 5.85. The molecule has 0 bridgehead atoms. The summed E-state index contributed by atoms with van der Waals surface area (Å²) in [6.07, 6.45) is 3.47. The van der Waals surface area contributed by atoms with Crippen molar-refractivity contribution in [3.8, 4) is 5.75 Å². The third-order valence-corrected chi connectivity index (χ3v) is 5.01. The number of piperidine rings is 1. The van der Waals surface area contributed by atoms with Crippen LogP contribution in [0, 0.1) is 13.8 Å². The fourth-order valence-corrected chi connectivity index (χ4v) is 3.38. The second kappa shape index (κ2) is 9.40. The summed E-state index contributed by atoms with van der Waals surface area (Å²) in [5.74, 6) is 0.625. The second-order valence-corrected chi connectivity index (χ2v) is 7.31. The summed E-state index contributed by atoms with van der Waals surface area (Å²) in [4.78, 5) is 27.1. The van der Waals surface area contributed by atoms with Crippen LogP contribution in [0.25, 0.3) is 0 Å². The molecule has 3 rings (SSSR count). The number of hydrogen-bond donors (Lipinski definition) is 1. The Kier molecular flexibility index (Phi) is 6.69. The number of likely N-dealkylation sites (tertiary alicyclic amines) is 1. The number of ether oxygens (including phenoxy) is 1. The van der Waals surface area contributed by atoms with Crippen molar-refractivity contribution >= 4 is 17.5 Å². The van der Waals surface area contributed by atoms with Gasteiger partial charge in [-0.25, -0.2) is 0 Å². The van der Waals surface area contributed by atoms with E-state index in [9.17, 15) is 9.59 Å². The number of nitrogens with zero attached hydrogens (tertiary/aromatic N) is 1. The maximum absolute atomic E-state index is 12.8. The predicted octanol–water partition coefficient (Wildman–Crippen LogP) is 4.34. The summed E-state index contributed by atoms with van der Waals surface area (Å²) in [5, 5.41) is 2.88. The highest BCUT2D eigenvalue weighted by Gasteiger charge is 2.21. The standard InChI is InChI=1S/C23H28N2O3/c1-17-10-11-18(2)21(16-17)28-15-12-22(26)24-20-9-5-4-8-19(20)23(27)25-13-6-3-7-14-25/h4-5,8-11,16H,3,6-7,12-15H2,1-2H3,(H,24,26). The Labute approximate surface area is 166 Å². The Morgan fingerprint density at radius 2 is 1.79 bits per heavy atom. The zero-order valence-electron chi connectivity index (χ0n) is 16.7. The fraction of sp³-hybridized carbons (Fsp3) is 0.391. The largest absolute Gasteiger partial charge is 0.493 e. The minimum atomic E-state index is -0.163. The maximum Gasteiger partial charge on any atom is 0.255 e. The van der Waals surface area contributed by atoms with Gasteiger partial charge in [0.2, 0.25) is 5.91 Å². The third kappa shape index (κ3) is 5.12. The molecule has 0 atom stereocenters. The molecule has 0 aliphatic carbocycles. The van der Waals surface area contributed by atoms with Crippen LogP contribution in [0.15, 0.2) is 42.5 Å². The van der Waals surface area contributed by atoms with Crippen molar-refractivity contribution in [1.29, 1.82) is 0 Å². The number of benzene rings is 2. The van der Waals surface area contributed by atoms with Crippen LogP contribution in [0.2, 0.25) is 0 Å².